The normalized spacial score (nSPS) is 14.7. The molecule has 0 saturated carbocycles. The number of imidazole rings is 1. The highest BCUT2D eigenvalue weighted by Gasteiger charge is 2.29. The third-order valence-corrected chi connectivity index (χ3v) is 3.14. The first-order valence-electron chi connectivity index (χ1n) is 6.89. The number of rotatable bonds is 5. The van der Waals surface area contributed by atoms with Crippen LogP contribution in [0.25, 0.3) is 0 Å². The molecule has 1 rings (SSSR count). The van der Waals surface area contributed by atoms with E-state index in [0.717, 1.165) is 12.2 Å². The van der Waals surface area contributed by atoms with Gasteiger partial charge in [-0.05, 0) is 27.7 Å². The second-order valence-electron chi connectivity index (χ2n) is 6.19. The van der Waals surface area contributed by atoms with E-state index in [0.29, 0.717) is 13.1 Å². The predicted octanol–water partition coefficient (Wildman–Crippen LogP) is 1.64. The Morgan fingerprint density at radius 2 is 2.10 bits per heavy atom. The average Bonchev–Trinajstić information content (AvgIpc) is 2.82. The van der Waals surface area contributed by atoms with Gasteiger partial charge in [0.1, 0.15) is 5.60 Å². The smallest absolute Gasteiger partial charge is 0.407 e. The molecule has 0 spiro atoms. The van der Waals surface area contributed by atoms with Crippen molar-refractivity contribution < 1.29 is 9.53 Å². The fraction of sp³-hybridized carbons (Fsp3) is 0.714. The molecule has 1 aromatic rings. The predicted molar refractivity (Wildman–Crippen MR) is 78.5 cm³/mol. The van der Waals surface area contributed by atoms with Crippen LogP contribution in [0.1, 0.15) is 40.3 Å². The zero-order valence-corrected chi connectivity index (χ0v) is 13.1. The highest BCUT2D eigenvalue weighted by molar-refractivity contribution is 5.67. The van der Waals surface area contributed by atoms with Crippen molar-refractivity contribution in [3.8, 4) is 0 Å². The van der Waals surface area contributed by atoms with Gasteiger partial charge in [-0.2, -0.15) is 0 Å². The van der Waals surface area contributed by atoms with Gasteiger partial charge < -0.3 is 20.4 Å². The molecule has 0 aliphatic rings. The number of nitrogens with one attached hydrogen (secondary N) is 1. The second-order valence-corrected chi connectivity index (χ2v) is 6.19. The molecule has 0 fully saturated rings. The van der Waals surface area contributed by atoms with Gasteiger partial charge in [0.15, 0.2) is 0 Å². The van der Waals surface area contributed by atoms with Crippen molar-refractivity contribution in [1.82, 2.24) is 14.9 Å². The summed E-state index contributed by atoms with van der Waals surface area (Å²) in [7, 11) is 0. The SMILES string of the molecule is CCn1cncc1C(C)(CN)CNC(=O)OC(C)(C)C. The summed E-state index contributed by atoms with van der Waals surface area (Å²) in [4.78, 5) is 15.9. The number of aromatic nitrogens is 2. The van der Waals surface area contributed by atoms with Crippen molar-refractivity contribution in [2.24, 2.45) is 5.73 Å². The van der Waals surface area contributed by atoms with Gasteiger partial charge in [-0.15, -0.1) is 0 Å². The van der Waals surface area contributed by atoms with Crippen LogP contribution in [0.5, 0.6) is 0 Å². The molecule has 6 heteroatoms. The molecule has 1 amide bonds. The van der Waals surface area contributed by atoms with Gasteiger partial charge in [0.05, 0.1) is 6.33 Å². The van der Waals surface area contributed by atoms with E-state index in [2.05, 4.69) is 10.3 Å². The second kappa shape index (κ2) is 6.26. The Bertz CT molecular complexity index is 450. The first kappa shape index (κ1) is 16.5. The molecule has 6 nitrogen and oxygen atoms in total. The van der Waals surface area contributed by atoms with Gasteiger partial charge in [-0.1, -0.05) is 6.92 Å². The topological polar surface area (TPSA) is 82.2 Å². The van der Waals surface area contributed by atoms with Crippen LogP contribution in [0, 0.1) is 0 Å². The van der Waals surface area contributed by atoms with Crippen molar-refractivity contribution in [1.29, 1.82) is 0 Å². The van der Waals surface area contributed by atoms with Crippen molar-refractivity contribution in [2.45, 2.75) is 52.2 Å². The summed E-state index contributed by atoms with van der Waals surface area (Å²) in [5.74, 6) is 0. The fourth-order valence-corrected chi connectivity index (χ4v) is 1.92. The first-order valence-corrected chi connectivity index (χ1v) is 6.89. The maximum Gasteiger partial charge on any atom is 0.407 e. The van der Waals surface area contributed by atoms with E-state index in [-0.39, 0.29) is 5.41 Å². The molecule has 0 saturated heterocycles. The summed E-state index contributed by atoms with van der Waals surface area (Å²) in [6.07, 6.45) is 3.14. The maximum absolute atomic E-state index is 11.7. The highest BCUT2D eigenvalue weighted by Crippen LogP contribution is 2.21. The summed E-state index contributed by atoms with van der Waals surface area (Å²) in [6, 6.07) is 0. The Kier molecular flexibility index (Phi) is 5.16. The molecule has 0 aliphatic carbocycles. The molecular weight excluding hydrogens is 256 g/mol. The lowest BCUT2D eigenvalue weighted by Crippen LogP contribution is -2.46. The maximum atomic E-state index is 11.7. The largest absolute Gasteiger partial charge is 0.444 e. The van der Waals surface area contributed by atoms with Crippen molar-refractivity contribution in [3.05, 3.63) is 18.2 Å². The number of ether oxygens (including phenoxy) is 1. The minimum atomic E-state index is -0.506. The molecule has 1 atom stereocenters. The van der Waals surface area contributed by atoms with E-state index in [1.165, 1.54) is 0 Å². The molecular formula is C14H26N4O2. The van der Waals surface area contributed by atoms with E-state index in [1.54, 1.807) is 12.5 Å². The van der Waals surface area contributed by atoms with Gasteiger partial charge in [0, 0.05) is 36.9 Å². The number of carbonyl (C=O) groups is 1. The summed E-state index contributed by atoms with van der Waals surface area (Å²) in [5.41, 5.74) is 6.04. The monoisotopic (exact) mass is 282 g/mol. The van der Waals surface area contributed by atoms with Crippen LogP contribution in [-0.2, 0) is 16.7 Å². The summed E-state index contributed by atoms with van der Waals surface area (Å²) in [5, 5.41) is 2.79. The van der Waals surface area contributed by atoms with E-state index in [1.807, 2.05) is 39.2 Å². The molecule has 3 N–H and O–H groups in total. The molecule has 0 aliphatic heterocycles. The summed E-state index contributed by atoms with van der Waals surface area (Å²) < 4.78 is 7.27. The lowest BCUT2D eigenvalue weighted by Gasteiger charge is -2.29. The molecule has 114 valence electrons. The lowest BCUT2D eigenvalue weighted by molar-refractivity contribution is 0.0516. The Balaban J connectivity index is 2.74. The number of nitrogens with zero attached hydrogens (tertiary/aromatic N) is 2. The molecule has 0 bridgehead atoms. The summed E-state index contributed by atoms with van der Waals surface area (Å²) in [6.45, 7) is 11.2. The Hall–Kier alpha value is -1.56. The minimum Gasteiger partial charge on any atom is -0.444 e. The van der Waals surface area contributed by atoms with Crippen LogP contribution >= 0.6 is 0 Å². The highest BCUT2D eigenvalue weighted by atomic mass is 16.6. The average molecular weight is 282 g/mol. The van der Waals surface area contributed by atoms with Crippen LogP contribution in [0.3, 0.4) is 0 Å². The molecule has 20 heavy (non-hydrogen) atoms. The fourth-order valence-electron chi connectivity index (χ4n) is 1.92. The van der Waals surface area contributed by atoms with E-state index in [9.17, 15) is 4.79 Å². The minimum absolute atomic E-state index is 0.372. The number of alkyl carbamates (subject to hydrolysis) is 1. The van der Waals surface area contributed by atoms with Gasteiger partial charge in [0.2, 0.25) is 0 Å². The number of nitrogens with two attached hydrogens (primary N) is 1. The van der Waals surface area contributed by atoms with Gasteiger partial charge >= 0.3 is 6.09 Å². The van der Waals surface area contributed by atoms with E-state index < -0.39 is 11.7 Å². The number of hydrogen-bond donors (Lipinski definition) is 2. The molecule has 0 radical (unpaired) electrons. The zero-order chi connectivity index (χ0) is 15.4. The number of aryl methyl sites for hydroxylation is 1. The molecule has 0 aromatic carbocycles. The summed E-state index contributed by atoms with van der Waals surface area (Å²) >= 11 is 0. The van der Waals surface area contributed by atoms with Crippen LogP contribution < -0.4 is 11.1 Å². The first-order chi connectivity index (χ1) is 9.22. The van der Waals surface area contributed by atoms with Gasteiger partial charge in [-0.3, -0.25) is 0 Å². The zero-order valence-electron chi connectivity index (χ0n) is 13.1. The van der Waals surface area contributed by atoms with Gasteiger partial charge in [0.25, 0.3) is 0 Å². The molecule has 1 heterocycles. The van der Waals surface area contributed by atoms with Crippen molar-refractivity contribution in [2.75, 3.05) is 13.1 Å². The van der Waals surface area contributed by atoms with Crippen LogP contribution in [0.15, 0.2) is 12.5 Å². The Morgan fingerprint density at radius 1 is 1.45 bits per heavy atom. The van der Waals surface area contributed by atoms with Crippen LogP contribution in [0.2, 0.25) is 0 Å². The molecule has 1 unspecified atom stereocenters. The third-order valence-electron chi connectivity index (χ3n) is 3.14. The van der Waals surface area contributed by atoms with E-state index >= 15 is 0 Å². The van der Waals surface area contributed by atoms with Crippen molar-refractivity contribution in [3.63, 3.8) is 0 Å². The lowest BCUT2D eigenvalue weighted by atomic mass is 9.87. The standard InChI is InChI=1S/C14H26N4O2/c1-6-18-10-16-7-11(18)14(5,8-15)9-17-12(19)20-13(2,3)4/h7,10H,6,8-9,15H2,1-5H3,(H,17,19). The number of amides is 1. The number of carbonyl (C=O) groups excluding carboxylic acids is 1. The van der Waals surface area contributed by atoms with Crippen LogP contribution in [-0.4, -0.2) is 34.3 Å². The third kappa shape index (κ3) is 4.23. The molecule has 1 aromatic heterocycles. The Labute approximate surface area is 120 Å². The van der Waals surface area contributed by atoms with Gasteiger partial charge in [-0.25, -0.2) is 9.78 Å². The Morgan fingerprint density at radius 3 is 2.60 bits per heavy atom. The number of hydrogen-bond acceptors (Lipinski definition) is 4. The van der Waals surface area contributed by atoms with Crippen LogP contribution in [0.4, 0.5) is 4.79 Å². The van der Waals surface area contributed by atoms with Crippen molar-refractivity contribution >= 4 is 6.09 Å². The van der Waals surface area contributed by atoms with E-state index in [4.69, 9.17) is 10.5 Å². The quantitative estimate of drug-likeness (QED) is 0.860.